The van der Waals surface area contributed by atoms with Crippen LogP contribution in [-0.4, -0.2) is 60.2 Å². The summed E-state index contributed by atoms with van der Waals surface area (Å²) < 4.78 is 0. The molecule has 2 atom stereocenters. The van der Waals surface area contributed by atoms with Gasteiger partial charge in [0.1, 0.15) is 5.60 Å². The van der Waals surface area contributed by atoms with Crippen molar-refractivity contribution in [3.63, 3.8) is 0 Å². The number of piperidine rings is 1. The second-order valence-electron chi connectivity index (χ2n) is 10.1. The number of anilines is 1. The van der Waals surface area contributed by atoms with Crippen LogP contribution in [0, 0.1) is 5.92 Å². The van der Waals surface area contributed by atoms with Crippen LogP contribution in [0.5, 0.6) is 0 Å². The van der Waals surface area contributed by atoms with E-state index in [-0.39, 0.29) is 17.9 Å². The number of fused-ring (bicyclic) bond motifs is 1. The summed E-state index contributed by atoms with van der Waals surface area (Å²) in [4.78, 5) is 27.9. The maximum atomic E-state index is 12.9. The average molecular weight is 520 g/mol. The second kappa shape index (κ2) is 10.1. The van der Waals surface area contributed by atoms with E-state index in [9.17, 15) is 9.90 Å². The summed E-state index contributed by atoms with van der Waals surface area (Å²) >= 11 is 6.65. The molecule has 4 heterocycles. The third-order valence-corrected chi connectivity index (χ3v) is 7.21. The molecule has 0 radical (unpaired) electrons. The van der Waals surface area contributed by atoms with Gasteiger partial charge in [0, 0.05) is 54.9 Å². The van der Waals surface area contributed by atoms with Crippen molar-refractivity contribution in [2.24, 2.45) is 5.92 Å². The van der Waals surface area contributed by atoms with E-state index < -0.39 is 5.60 Å². The number of aromatic amines is 1. The zero-order chi connectivity index (χ0) is 26.2. The number of hydrogen-bond donors (Lipinski definition) is 3. The first kappa shape index (κ1) is 25.1. The van der Waals surface area contributed by atoms with Crippen LogP contribution >= 0.6 is 11.6 Å². The van der Waals surface area contributed by atoms with Crippen molar-refractivity contribution in [1.82, 2.24) is 30.0 Å². The molecule has 192 valence electrons. The third-order valence-electron chi connectivity index (χ3n) is 6.92. The minimum atomic E-state index is -1.11. The molecular weight excluding hydrogens is 490 g/mol. The fourth-order valence-corrected chi connectivity index (χ4v) is 4.99. The number of halogens is 1. The predicted octanol–water partition coefficient (Wildman–Crippen LogP) is 4.65. The van der Waals surface area contributed by atoms with E-state index in [2.05, 4.69) is 37.4 Å². The van der Waals surface area contributed by atoms with Crippen LogP contribution in [0.25, 0.3) is 22.0 Å². The number of aromatic nitrogens is 5. The first-order valence-electron chi connectivity index (χ1n) is 12.4. The Morgan fingerprint density at radius 2 is 1.97 bits per heavy atom. The number of hydrogen-bond acceptors (Lipinski definition) is 7. The van der Waals surface area contributed by atoms with Gasteiger partial charge in [-0.25, -0.2) is 9.97 Å². The summed E-state index contributed by atoms with van der Waals surface area (Å²) in [5, 5.41) is 21.8. The lowest BCUT2D eigenvalue weighted by Crippen LogP contribution is -2.44. The SMILES string of the molecule is C[C@H](Nc1c(Cl)cnc2ccc(-c3cnc(C(C)(C)O)nc3)cc12)[C@H]1CCCN(C(=O)c2cn[nH]c2)C1. The van der Waals surface area contributed by atoms with Gasteiger partial charge < -0.3 is 15.3 Å². The molecule has 1 saturated heterocycles. The number of H-pyrrole nitrogens is 1. The Hall–Kier alpha value is -3.56. The lowest BCUT2D eigenvalue weighted by Gasteiger charge is -2.36. The fourth-order valence-electron chi connectivity index (χ4n) is 4.79. The number of nitrogens with zero attached hydrogens (tertiary/aromatic N) is 5. The number of amides is 1. The average Bonchev–Trinajstić information content (AvgIpc) is 3.44. The van der Waals surface area contributed by atoms with Crippen molar-refractivity contribution in [3.05, 3.63) is 65.6 Å². The number of rotatable bonds is 6. The van der Waals surface area contributed by atoms with Crippen molar-refractivity contribution in [2.45, 2.75) is 45.3 Å². The normalized spacial score (nSPS) is 17.1. The van der Waals surface area contributed by atoms with E-state index in [0.717, 1.165) is 47.1 Å². The number of nitrogens with one attached hydrogen (secondary N) is 2. The molecule has 0 saturated carbocycles. The minimum Gasteiger partial charge on any atom is -0.382 e. The molecule has 5 rings (SSSR count). The van der Waals surface area contributed by atoms with Gasteiger partial charge in [-0.15, -0.1) is 0 Å². The summed E-state index contributed by atoms with van der Waals surface area (Å²) in [6.45, 7) is 6.85. The lowest BCUT2D eigenvalue weighted by molar-refractivity contribution is 0.0663. The van der Waals surface area contributed by atoms with Gasteiger partial charge in [-0.3, -0.25) is 14.9 Å². The van der Waals surface area contributed by atoms with Crippen LogP contribution < -0.4 is 5.32 Å². The van der Waals surface area contributed by atoms with Crippen molar-refractivity contribution in [3.8, 4) is 11.1 Å². The van der Waals surface area contributed by atoms with E-state index in [0.29, 0.717) is 23.0 Å². The summed E-state index contributed by atoms with van der Waals surface area (Å²) in [6, 6.07) is 6.02. The zero-order valence-corrected chi connectivity index (χ0v) is 21.8. The quantitative estimate of drug-likeness (QED) is 0.339. The van der Waals surface area contributed by atoms with Crippen LogP contribution in [0.15, 0.2) is 49.2 Å². The molecule has 1 aliphatic heterocycles. The molecule has 37 heavy (non-hydrogen) atoms. The molecule has 0 spiro atoms. The molecule has 10 heteroatoms. The number of carbonyl (C=O) groups excluding carboxylic acids is 1. The number of likely N-dealkylation sites (tertiary alicyclic amines) is 1. The maximum absolute atomic E-state index is 12.9. The highest BCUT2D eigenvalue weighted by atomic mass is 35.5. The first-order chi connectivity index (χ1) is 17.7. The van der Waals surface area contributed by atoms with Gasteiger partial charge in [0.25, 0.3) is 5.91 Å². The van der Waals surface area contributed by atoms with Gasteiger partial charge in [-0.05, 0) is 57.2 Å². The van der Waals surface area contributed by atoms with Gasteiger partial charge in [-0.1, -0.05) is 17.7 Å². The van der Waals surface area contributed by atoms with Crippen molar-refractivity contribution in [2.75, 3.05) is 18.4 Å². The van der Waals surface area contributed by atoms with Crippen molar-refractivity contribution < 1.29 is 9.90 Å². The Kier molecular flexibility index (Phi) is 6.83. The summed E-state index contributed by atoms with van der Waals surface area (Å²) in [7, 11) is 0. The molecule has 1 amide bonds. The Bertz CT molecular complexity index is 1400. The first-order valence-corrected chi connectivity index (χ1v) is 12.8. The molecule has 0 bridgehead atoms. The van der Waals surface area contributed by atoms with Crippen LogP contribution in [0.3, 0.4) is 0 Å². The Balaban J connectivity index is 1.39. The molecule has 1 fully saturated rings. The van der Waals surface area contributed by atoms with Gasteiger partial charge in [0.05, 0.1) is 28.0 Å². The number of aliphatic hydroxyl groups is 1. The van der Waals surface area contributed by atoms with Crippen LogP contribution in [0.2, 0.25) is 5.02 Å². The maximum Gasteiger partial charge on any atom is 0.257 e. The molecule has 9 nitrogen and oxygen atoms in total. The standard InChI is InChI=1S/C27H30ClN7O2/c1-16(18-5-4-8-35(15-18)25(36)20-12-32-33-13-20)34-24-21-9-17(6-7-23(21)29-14-22(24)28)19-10-30-26(31-11-19)27(2,3)37/h6-7,9-14,16,18,37H,4-5,8,15H2,1-3H3,(H,29,34)(H,32,33)/t16-,18-/m0/s1. The molecule has 0 aliphatic carbocycles. The molecular formula is C27H30ClN7O2. The highest BCUT2D eigenvalue weighted by Crippen LogP contribution is 2.35. The second-order valence-corrected chi connectivity index (χ2v) is 10.5. The minimum absolute atomic E-state index is 0.000471. The van der Waals surface area contributed by atoms with Gasteiger partial charge in [0.15, 0.2) is 5.82 Å². The largest absolute Gasteiger partial charge is 0.382 e. The Morgan fingerprint density at radius 3 is 2.68 bits per heavy atom. The summed E-state index contributed by atoms with van der Waals surface area (Å²) in [5.74, 6) is 0.626. The van der Waals surface area contributed by atoms with Crippen LogP contribution in [0.1, 0.15) is 49.8 Å². The van der Waals surface area contributed by atoms with E-state index >= 15 is 0 Å². The van der Waals surface area contributed by atoms with E-state index in [1.165, 1.54) is 0 Å². The molecule has 3 aromatic heterocycles. The van der Waals surface area contributed by atoms with Crippen LogP contribution in [-0.2, 0) is 5.60 Å². The lowest BCUT2D eigenvalue weighted by atomic mass is 9.91. The van der Waals surface area contributed by atoms with Crippen molar-refractivity contribution in [1.29, 1.82) is 0 Å². The van der Waals surface area contributed by atoms with Gasteiger partial charge in [0.2, 0.25) is 0 Å². The fraction of sp³-hybridized carbons (Fsp3) is 0.370. The summed E-state index contributed by atoms with van der Waals surface area (Å²) in [6.07, 6.45) is 10.2. The van der Waals surface area contributed by atoms with E-state index in [1.54, 1.807) is 44.8 Å². The number of pyridine rings is 1. The molecule has 0 unspecified atom stereocenters. The molecule has 1 aromatic carbocycles. The number of carbonyl (C=O) groups is 1. The van der Waals surface area contributed by atoms with Gasteiger partial charge >= 0.3 is 0 Å². The predicted molar refractivity (Wildman–Crippen MR) is 143 cm³/mol. The van der Waals surface area contributed by atoms with Gasteiger partial charge in [-0.2, -0.15) is 5.10 Å². The highest BCUT2D eigenvalue weighted by Gasteiger charge is 2.29. The Labute approximate surface area is 220 Å². The van der Waals surface area contributed by atoms with E-state index in [4.69, 9.17) is 11.6 Å². The van der Waals surface area contributed by atoms with Crippen LogP contribution in [0.4, 0.5) is 5.69 Å². The number of benzene rings is 1. The monoisotopic (exact) mass is 519 g/mol. The smallest absolute Gasteiger partial charge is 0.257 e. The molecule has 4 aromatic rings. The highest BCUT2D eigenvalue weighted by molar-refractivity contribution is 6.34. The zero-order valence-electron chi connectivity index (χ0n) is 21.1. The summed E-state index contributed by atoms with van der Waals surface area (Å²) in [5.41, 5.74) is 2.85. The Morgan fingerprint density at radius 1 is 1.19 bits per heavy atom. The molecule has 1 aliphatic rings. The molecule has 3 N–H and O–H groups in total. The van der Waals surface area contributed by atoms with Crippen molar-refractivity contribution >= 4 is 34.1 Å². The third kappa shape index (κ3) is 5.28. The van der Waals surface area contributed by atoms with E-state index in [1.807, 2.05) is 23.1 Å². The topological polar surface area (TPSA) is 120 Å².